The topological polar surface area (TPSA) is 37.3 Å². The van der Waals surface area contributed by atoms with Gasteiger partial charge in [-0.2, -0.15) is 13.2 Å². The fraction of sp³-hybridized carbons (Fsp3) is 0.300. The third-order valence-electron chi connectivity index (χ3n) is 2.13. The molecule has 0 aromatic heterocycles. The van der Waals surface area contributed by atoms with Gasteiger partial charge in [0, 0.05) is 0 Å². The van der Waals surface area contributed by atoms with Crippen molar-refractivity contribution in [2.45, 2.75) is 18.5 Å². The van der Waals surface area contributed by atoms with Crippen LogP contribution in [0, 0.1) is 0 Å². The highest BCUT2D eigenvalue weighted by Gasteiger charge is 2.48. The number of aromatic carboxylic acids is 1. The molecule has 0 aliphatic rings. The molecule has 0 aliphatic heterocycles. The van der Waals surface area contributed by atoms with Gasteiger partial charge in [0.25, 0.3) is 6.43 Å². The van der Waals surface area contributed by atoms with Crippen LogP contribution in [0.25, 0.3) is 0 Å². The highest BCUT2D eigenvalue weighted by molar-refractivity contribution is 5.89. The van der Waals surface area contributed by atoms with Gasteiger partial charge in [0.05, 0.1) is 5.56 Å². The Morgan fingerprint density at radius 1 is 1.18 bits per heavy atom. The predicted octanol–water partition coefficient (Wildman–Crippen LogP) is 3.30. The summed E-state index contributed by atoms with van der Waals surface area (Å²) in [5, 5.41) is 8.65. The zero-order chi connectivity index (χ0) is 13.2. The summed E-state index contributed by atoms with van der Waals surface area (Å²) in [5.41, 5.74) is -1.70. The van der Waals surface area contributed by atoms with E-state index < -0.39 is 35.6 Å². The highest BCUT2D eigenvalue weighted by atomic mass is 19.4. The summed E-state index contributed by atoms with van der Waals surface area (Å²) in [4.78, 5) is 10.7. The lowest BCUT2D eigenvalue weighted by atomic mass is 9.94. The number of halogens is 5. The maximum absolute atomic E-state index is 12.4. The Kier molecular flexibility index (Phi) is 3.69. The molecule has 1 N–H and O–H groups in total. The zero-order valence-corrected chi connectivity index (χ0v) is 8.21. The second kappa shape index (κ2) is 4.68. The van der Waals surface area contributed by atoms with Crippen LogP contribution in [0.2, 0.25) is 0 Å². The number of carboxylic acids is 1. The second-order valence-corrected chi connectivity index (χ2v) is 3.25. The van der Waals surface area contributed by atoms with Crippen molar-refractivity contribution in [2.24, 2.45) is 0 Å². The molecule has 1 aromatic carbocycles. The molecule has 1 atom stereocenters. The molecule has 0 aliphatic carbocycles. The van der Waals surface area contributed by atoms with E-state index in [2.05, 4.69) is 0 Å². The summed E-state index contributed by atoms with van der Waals surface area (Å²) < 4.78 is 62.1. The second-order valence-electron chi connectivity index (χ2n) is 3.25. The molecule has 2 nitrogen and oxygen atoms in total. The van der Waals surface area contributed by atoms with Gasteiger partial charge >= 0.3 is 12.1 Å². The first-order chi connectivity index (χ1) is 7.75. The monoisotopic (exact) mass is 254 g/mol. The minimum atomic E-state index is -5.19. The summed E-state index contributed by atoms with van der Waals surface area (Å²) in [6, 6.07) is 3.86. The van der Waals surface area contributed by atoms with E-state index in [-0.39, 0.29) is 0 Å². The molecule has 0 saturated heterocycles. The van der Waals surface area contributed by atoms with Gasteiger partial charge in [-0.1, -0.05) is 18.2 Å². The predicted molar refractivity (Wildman–Crippen MR) is 48.2 cm³/mol. The minimum absolute atomic E-state index is 0.744. The Morgan fingerprint density at radius 2 is 1.71 bits per heavy atom. The van der Waals surface area contributed by atoms with Crippen molar-refractivity contribution in [3.8, 4) is 0 Å². The van der Waals surface area contributed by atoms with Crippen molar-refractivity contribution in [3.05, 3.63) is 35.4 Å². The average molecular weight is 254 g/mol. The fourth-order valence-corrected chi connectivity index (χ4v) is 1.42. The Hall–Kier alpha value is -1.66. The van der Waals surface area contributed by atoms with E-state index >= 15 is 0 Å². The van der Waals surface area contributed by atoms with E-state index in [1.54, 1.807) is 0 Å². The van der Waals surface area contributed by atoms with E-state index in [1.807, 2.05) is 0 Å². The first-order valence-electron chi connectivity index (χ1n) is 4.42. The maximum atomic E-state index is 12.4. The lowest BCUT2D eigenvalue weighted by molar-refractivity contribution is -0.178. The number of rotatable bonds is 3. The van der Waals surface area contributed by atoms with Gasteiger partial charge in [0.15, 0.2) is 0 Å². The quantitative estimate of drug-likeness (QED) is 0.840. The van der Waals surface area contributed by atoms with Gasteiger partial charge < -0.3 is 5.11 Å². The van der Waals surface area contributed by atoms with Gasteiger partial charge in [-0.3, -0.25) is 0 Å². The number of carboxylic acid groups (broad SMARTS) is 1. The molecule has 0 bridgehead atoms. The molecule has 0 saturated carbocycles. The molecule has 0 fully saturated rings. The van der Waals surface area contributed by atoms with Crippen molar-refractivity contribution in [1.82, 2.24) is 0 Å². The number of alkyl halides is 5. The van der Waals surface area contributed by atoms with Gasteiger partial charge in [0.1, 0.15) is 5.92 Å². The SMILES string of the molecule is O=C(O)c1ccccc1C(C(F)F)C(F)(F)F. The summed E-state index contributed by atoms with van der Waals surface area (Å²) in [6.07, 6.45) is -8.91. The normalized spacial score (nSPS) is 13.8. The molecule has 17 heavy (non-hydrogen) atoms. The molecule has 0 spiro atoms. The van der Waals surface area contributed by atoms with E-state index in [0.29, 0.717) is 0 Å². The van der Waals surface area contributed by atoms with E-state index in [4.69, 9.17) is 5.11 Å². The summed E-state index contributed by atoms with van der Waals surface area (Å²) in [5.74, 6) is -4.76. The Morgan fingerprint density at radius 3 is 2.12 bits per heavy atom. The van der Waals surface area contributed by atoms with Crippen molar-refractivity contribution >= 4 is 5.97 Å². The average Bonchev–Trinajstić information content (AvgIpc) is 2.15. The summed E-state index contributed by atoms with van der Waals surface area (Å²) >= 11 is 0. The number of hydrogen-bond donors (Lipinski definition) is 1. The highest BCUT2D eigenvalue weighted by Crippen LogP contribution is 2.40. The molecule has 0 heterocycles. The molecule has 0 radical (unpaired) electrons. The van der Waals surface area contributed by atoms with Crippen LogP contribution >= 0.6 is 0 Å². The molecule has 1 aromatic rings. The first kappa shape index (κ1) is 13.4. The van der Waals surface area contributed by atoms with E-state index in [0.717, 1.165) is 18.2 Å². The molecule has 7 heteroatoms. The van der Waals surface area contributed by atoms with Crippen LogP contribution in [0.4, 0.5) is 22.0 Å². The molecular weight excluding hydrogens is 247 g/mol. The largest absolute Gasteiger partial charge is 0.478 e. The minimum Gasteiger partial charge on any atom is -0.478 e. The number of hydrogen-bond acceptors (Lipinski definition) is 1. The standard InChI is InChI=1S/C10H7F5O2/c11-8(12)7(10(13,14)15)5-3-1-2-4-6(5)9(16)17/h1-4,7-8H,(H,16,17). The van der Waals surface area contributed by atoms with Gasteiger partial charge in [-0.15, -0.1) is 0 Å². The van der Waals surface area contributed by atoms with Crippen LogP contribution in [0.5, 0.6) is 0 Å². The first-order valence-corrected chi connectivity index (χ1v) is 4.42. The molecule has 0 amide bonds. The summed E-state index contributed by atoms with van der Waals surface area (Å²) in [6.45, 7) is 0. The maximum Gasteiger partial charge on any atom is 0.401 e. The Bertz CT molecular complexity index is 413. The fourth-order valence-electron chi connectivity index (χ4n) is 1.42. The number of benzene rings is 1. The van der Waals surface area contributed by atoms with Crippen LogP contribution in [0.3, 0.4) is 0 Å². The van der Waals surface area contributed by atoms with Gasteiger partial charge in [-0.05, 0) is 11.6 Å². The molecule has 1 rings (SSSR count). The van der Waals surface area contributed by atoms with Crippen LogP contribution in [0.15, 0.2) is 24.3 Å². The van der Waals surface area contributed by atoms with E-state index in [1.165, 1.54) is 6.07 Å². The van der Waals surface area contributed by atoms with Gasteiger partial charge in [0.2, 0.25) is 0 Å². The van der Waals surface area contributed by atoms with Crippen LogP contribution < -0.4 is 0 Å². The Balaban J connectivity index is 3.34. The van der Waals surface area contributed by atoms with E-state index in [9.17, 15) is 26.7 Å². The van der Waals surface area contributed by atoms with Crippen LogP contribution in [-0.2, 0) is 0 Å². The summed E-state index contributed by atoms with van der Waals surface area (Å²) in [7, 11) is 0. The molecular formula is C10H7F5O2. The lowest BCUT2D eigenvalue weighted by Crippen LogP contribution is -2.28. The number of carbonyl (C=O) groups is 1. The van der Waals surface area contributed by atoms with Crippen molar-refractivity contribution in [3.63, 3.8) is 0 Å². The lowest BCUT2D eigenvalue weighted by Gasteiger charge is -2.21. The van der Waals surface area contributed by atoms with Gasteiger partial charge in [-0.25, -0.2) is 13.6 Å². The third-order valence-corrected chi connectivity index (χ3v) is 2.13. The molecule has 1 unspecified atom stereocenters. The third kappa shape index (κ3) is 2.92. The smallest absolute Gasteiger partial charge is 0.401 e. The van der Waals surface area contributed by atoms with Crippen LogP contribution in [-0.4, -0.2) is 23.7 Å². The zero-order valence-electron chi connectivity index (χ0n) is 8.21. The van der Waals surface area contributed by atoms with Crippen molar-refractivity contribution in [2.75, 3.05) is 0 Å². The van der Waals surface area contributed by atoms with Crippen LogP contribution in [0.1, 0.15) is 21.8 Å². The Labute approximate surface area is 92.7 Å². The van der Waals surface area contributed by atoms with Crippen molar-refractivity contribution < 1.29 is 31.9 Å². The van der Waals surface area contributed by atoms with Crippen molar-refractivity contribution in [1.29, 1.82) is 0 Å². The molecule has 94 valence electrons.